The molecule has 3 aromatic carbocycles. The van der Waals surface area contributed by atoms with Crippen LogP contribution < -0.4 is 10.0 Å². The van der Waals surface area contributed by atoms with Gasteiger partial charge in [0.1, 0.15) is 10.7 Å². The third-order valence-corrected chi connectivity index (χ3v) is 8.17. The Hall–Kier alpha value is -3.93. The van der Waals surface area contributed by atoms with Gasteiger partial charge in [0.15, 0.2) is 5.65 Å². The second-order valence-electron chi connectivity index (χ2n) is 8.38. The van der Waals surface area contributed by atoms with Gasteiger partial charge in [-0.1, -0.05) is 54.1 Å². The van der Waals surface area contributed by atoms with Crippen molar-refractivity contribution in [1.29, 1.82) is 0 Å². The molecule has 0 aliphatic rings. The van der Waals surface area contributed by atoms with Gasteiger partial charge in [0.2, 0.25) is 0 Å². The van der Waals surface area contributed by atoms with E-state index in [0.717, 1.165) is 15.6 Å². The van der Waals surface area contributed by atoms with Crippen molar-refractivity contribution in [1.82, 2.24) is 14.6 Å². The maximum absolute atomic E-state index is 13.0. The molecule has 2 N–H and O–H groups in total. The lowest BCUT2D eigenvalue weighted by atomic mass is 10.1. The van der Waals surface area contributed by atoms with Crippen LogP contribution in [0, 0.1) is 0 Å². The topological polar surface area (TPSA) is 115 Å². The lowest BCUT2D eigenvalue weighted by Gasteiger charge is -2.13. The number of methoxy groups -OCH3 is 1. The normalized spacial score (nSPS) is 11.4. The Labute approximate surface area is 238 Å². The molecule has 0 atom stereocenters. The maximum Gasteiger partial charge on any atom is 0.339 e. The van der Waals surface area contributed by atoms with Crippen LogP contribution in [-0.2, 0) is 21.3 Å². The number of halogens is 2. The average Bonchev–Trinajstić information content (AvgIpc) is 3.32. The first-order valence-corrected chi connectivity index (χ1v) is 14.2. The highest BCUT2D eigenvalue weighted by Gasteiger charge is 2.22. The molecule has 5 aromatic rings. The zero-order valence-electron chi connectivity index (χ0n) is 20.4. The van der Waals surface area contributed by atoms with Gasteiger partial charge in [0.25, 0.3) is 10.0 Å². The highest BCUT2D eigenvalue weighted by atomic mass is 79.9. The number of carbonyl (C=O) groups is 1. The molecule has 2 heterocycles. The molecule has 0 radical (unpaired) electrons. The third kappa shape index (κ3) is 5.60. The first-order chi connectivity index (χ1) is 18.8. The number of hydrogen-bond donors (Lipinski definition) is 2. The first kappa shape index (κ1) is 26.7. The number of ether oxygens (including phenoxy) is 1. The Morgan fingerprint density at radius 3 is 2.51 bits per heavy atom. The standard InChI is InChI=1S/C27H21BrClN5O4S/c1-38-27(35)20-7-3-5-9-24(20)39(36,37)33-18-12-10-17(11-13-18)15-30-25-14-23(19-6-2-4-8-22(19)29)32-26-21(28)16-31-34(25)26/h2-14,16,30,33H,15H2,1H3. The predicted molar refractivity (Wildman–Crippen MR) is 153 cm³/mol. The quantitative estimate of drug-likeness (QED) is 0.203. The van der Waals surface area contributed by atoms with E-state index >= 15 is 0 Å². The molecule has 0 spiro atoms. The lowest BCUT2D eigenvalue weighted by Crippen LogP contribution is -2.17. The van der Waals surface area contributed by atoms with Crippen LogP contribution in [0.5, 0.6) is 0 Å². The zero-order valence-corrected chi connectivity index (χ0v) is 23.6. The Bertz CT molecular complexity index is 1790. The Morgan fingerprint density at radius 2 is 1.77 bits per heavy atom. The molecule has 9 nitrogen and oxygen atoms in total. The number of rotatable bonds is 8. The van der Waals surface area contributed by atoms with Crippen LogP contribution in [0.3, 0.4) is 0 Å². The van der Waals surface area contributed by atoms with E-state index in [1.54, 1.807) is 47.1 Å². The van der Waals surface area contributed by atoms with Crippen molar-refractivity contribution in [3.63, 3.8) is 0 Å². The number of nitrogens with zero attached hydrogens (tertiary/aromatic N) is 3. The van der Waals surface area contributed by atoms with Crippen molar-refractivity contribution in [3.8, 4) is 11.3 Å². The summed E-state index contributed by atoms with van der Waals surface area (Å²) >= 11 is 9.91. The van der Waals surface area contributed by atoms with Gasteiger partial charge in [0.05, 0.1) is 29.0 Å². The number of benzene rings is 3. The Balaban J connectivity index is 1.36. The van der Waals surface area contributed by atoms with Gasteiger partial charge in [0, 0.05) is 28.9 Å². The fraction of sp³-hybridized carbons (Fsp3) is 0.0741. The fourth-order valence-electron chi connectivity index (χ4n) is 3.94. The van der Waals surface area contributed by atoms with E-state index in [-0.39, 0.29) is 10.5 Å². The molecule has 0 fully saturated rings. The van der Waals surface area contributed by atoms with Crippen molar-refractivity contribution in [2.24, 2.45) is 0 Å². The molecule has 0 aliphatic heterocycles. The van der Waals surface area contributed by atoms with Gasteiger partial charge in [-0.2, -0.15) is 9.61 Å². The minimum Gasteiger partial charge on any atom is -0.465 e. The third-order valence-electron chi connectivity index (χ3n) is 5.84. The van der Waals surface area contributed by atoms with Gasteiger partial charge in [-0.25, -0.2) is 18.2 Å². The van der Waals surface area contributed by atoms with Crippen LogP contribution in [0.25, 0.3) is 16.9 Å². The van der Waals surface area contributed by atoms with E-state index in [9.17, 15) is 13.2 Å². The minimum atomic E-state index is -4.02. The van der Waals surface area contributed by atoms with E-state index in [1.807, 2.05) is 30.3 Å². The number of hydrogen-bond acceptors (Lipinski definition) is 7. The predicted octanol–water partition coefficient (Wildman–Crippen LogP) is 6.01. The molecule has 12 heteroatoms. The lowest BCUT2D eigenvalue weighted by molar-refractivity contribution is 0.0596. The molecule has 0 bridgehead atoms. The van der Waals surface area contributed by atoms with Crippen LogP contribution in [0.15, 0.2) is 94.4 Å². The highest BCUT2D eigenvalue weighted by molar-refractivity contribution is 9.10. The number of carbonyl (C=O) groups excluding carboxylic acids is 1. The number of anilines is 2. The summed E-state index contributed by atoms with van der Waals surface area (Å²) < 4.78 is 35.6. The molecule has 0 saturated heterocycles. The van der Waals surface area contributed by atoms with Gasteiger partial charge < -0.3 is 10.1 Å². The summed E-state index contributed by atoms with van der Waals surface area (Å²) in [6.07, 6.45) is 1.67. The summed E-state index contributed by atoms with van der Waals surface area (Å²) in [7, 11) is -2.82. The largest absolute Gasteiger partial charge is 0.465 e. The van der Waals surface area contributed by atoms with E-state index in [2.05, 4.69) is 31.1 Å². The van der Waals surface area contributed by atoms with E-state index in [4.69, 9.17) is 21.3 Å². The maximum atomic E-state index is 13.0. The van der Waals surface area contributed by atoms with E-state index < -0.39 is 16.0 Å². The zero-order chi connectivity index (χ0) is 27.6. The van der Waals surface area contributed by atoms with Crippen molar-refractivity contribution < 1.29 is 17.9 Å². The molecular weight excluding hydrogens is 606 g/mol. The Morgan fingerprint density at radius 1 is 1.05 bits per heavy atom. The molecule has 5 rings (SSSR count). The smallest absolute Gasteiger partial charge is 0.339 e. The van der Waals surface area contributed by atoms with Crippen LogP contribution in [0.1, 0.15) is 15.9 Å². The van der Waals surface area contributed by atoms with Crippen LogP contribution in [0.2, 0.25) is 5.02 Å². The average molecular weight is 627 g/mol. The molecule has 2 aromatic heterocycles. The second kappa shape index (κ2) is 11.0. The number of nitrogens with one attached hydrogen (secondary N) is 2. The van der Waals surface area contributed by atoms with Crippen molar-refractivity contribution in [2.75, 3.05) is 17.1 Å². The summed E-state index contributed by atoms with van der Waals surface area (Å²) in [4.78, 5) is 16.6. The van der Waals surface area contributed by atoms with E-state index in [0.29, 0.717) is 34.4 Å². The number of fused-ring (bicyclic) bond motifs is 1. The molecular formula is C27H21BrClN5O4S. The summed E-state index contributed by atoms with van der Waals surface area (Å²) in [6.45, 7) is 0.427. The second-order valence-corrected chi connectivity index (χ2v) is 11.3. The van der Waals surface area contributed by atoms with Gasteiger partial charge >= 0.3 is 5.97 Å². The summed E-state index contributed by atoms with van der Waals surface area (Å²) in [6, 6.07) is 22.1. The van der Waals surface area contributed by atoms with Crippen LogP contribution in [-0.4, -0.2) is 36.1 Å². The number of sulfonamides is 1. The van der Waals surface area contributed by atoms with Gasteiger partial charge in [-0.3, -0.25) is 4.72 Å². The fourth-order valence-corrected chi connectivity index (χ4v) is 5.78. The first-order valence-electron chi connectivity index (χ1n) is 11.6. The van der Waals surface area contributed by atoms with Crippen LogP contribution in [0.4, 0.5) is 11.5 Å². The van der Waals surface area contributed by atoms with Gasteiger partial charge in [-0.15, -0.1) is 0 Å². The molecule has 39 heavy (non-hydrogen) atoms. The SMILES string of the molecule is COC(=O)c1ccccc1S(=O)(=O)Nc1ccc(CNc2cc(-c3ccccc3Cl)nc3c(Br)cnn23)cc1. The molecule has 0 aliphatic carbocycles. The summed E-state index contributed by atoms with van der Waals surface area (Å²) in [5, 5.41) is 8.36. The van der Waals surface area contributed by atoms with Gasteiger partial charge in [-0.05, 0) is 51.8 Å². The molecule has 198 valence electrons. The van der Waals surface area contributed by atoms with E-state index in [1.165, 1.54) is 19.2 Å². The highest BCUT2D eigenvalue weighted by Crippen LogP contribution is 2.30. The molecule has 0 amide bonds. The number of esters is 1. The number of aromatic nitrogens is 3. The van der Waals surface area contributed by atoms with Crippen LogP contribution >= 0.6 is 27.5 Å². The minimum absolute atomic E-state index is 0.0431. The monoisotopic (exact) mass is 625 g/mol. The molecule has 0 unspecified atom stereocenters. The molecule has 0 saturated carbocycles. The van der Waals surface area contributed by atoms with Crippen molar-refractivity contribution in [3.05, 3.63) is 106 Å². The summed E-state index contributed by atoms with van der Waals surface area (Å²) in [5.41, 5.74) is 3.31. The van der Waals surface area contributed by atoms with Crippen molar-refractivity contribution >= 4 is 60.7 Å². The summed E-state index contributed by atoms with van der Waals surface area (Å²) in [5.74, 6) is -0.0330. The Kier molecular flexibility index (Phi) is 7.56. The van der Waals surface area contributed by atoms with Crippen molar-refractivity contribution in [2.45, 2.75) is 11.4 Å².